The molecule has 1 atom stereocenters. The quantitative estimate of drug-likeness (QED) is 0.424. The number of hydrogen-bond acceptors (Lipinski definition) is 3. The summed E-state index contributed by atoms with van der Waals surface area (Å²) in [7, 11) is 0. The standard InChI is InChI=1S/C20H15ClF8N2O2/c21-12-10(20(27,28)29)3-8-30-15(12)17(32)31-16(9-1-2-11(22)14(24)13(9)23)18(33)4-6-19(25,26)7-5-18/h1-3,8,16,33H,4-7H2,(H,31,32). The molecular formula is C20H15ClF8N2O2. The molecule has 1 aliphatic carbocycles. The highest BCUT2D eigenvalue weighted by atomic mass is 35.5. The van der Waals surface area contributed by atoms with Gasteiger partial charge in [-0.2, -0.15) is 13.2 Å². The number of nitrogens with one attached hydrogen (secondary N) is 1. The number of aromatic nitrogens is 1. The molecule has 2 N–H and O–H groups in total. The minimum Gasteiger partial charge on any atom is -0.387 e. The molecule has 0 aliphatic heterocycles. The second-order valence-corrected chi connectivity index (χ2v) is 8.03. The molecule has 0 bridgehead atoms. The number of amides is 1. The van der Waals surface area contributed by atoms with E-state index in [1.54, 1.807) is 0 Å². The third kappa shape index (κ3) is 5.06. The van der Waals surface area contributed by atoms with Crippen LogP contribution in [-0.2, 0) is 6.18 Å². The van der Waals surface area contributed by atoms with Gasteiger partial charge in [0.05, 0.1) is 22.2 Å². The number of rotatable bonds is 4. The first-order chi connectivity index (χ1) is 15.2. The smallest absolute Gasteiger partial charge is 0.387 e. The van der Waals surface area contributed by atoms with Crippen LogP contribution in [0.15, 0.2) is 24.4 Å². The maximum absolute atomic E-state index is 14.5. The molecule has 1 saturated carbocycles. The van der Waals surface area contributed by atoms with Gasteiger partial charge < -0.3 is 10.4 Å². The van der Waals surface area contributed by atoms with Gasteiger partial charge >= 0.3 is 6.18 Å². The zero-order valence-electron chi connectivity index (χ0n) is 16.4. The fourth-order valence-corrected chi connectivity index (χ4v) is 3.93. The van der Waals surface area contributed by atoms with Crippen molar-refractivity contribution in [2.24, 2.45) is 0 Å². The maximum atomic E-state index is 14.5. The zero-order valence-corrected chi connectivity index (χ0v) is 17.2. The number of benzene rings is 1. The van der Waals surface area contributed by atoms with Gasteiger partial charge in [0.15, 0.2) is 17.5 Å². The van der Waals surface area contributed by atoms with E-state index >= 15 is 0 Å². The highest BCUT2D eigenvalue weighted by Crippen LogP contribution is 2.45. The first-order valence-corrected chi connectivity index (χ1v) is 9.80. The van der Waals surface area contributed by atoms with Crippen molar-refractivity contribution < 1.29 is 45.0 Å². The van der Waals surface area contributed by atoms with Gasteiger partial charge in [0.1, 0.15) is 5.69 Å². The Labute approximate surface area is 186 Å². The van der Waals surface area contributed by atoms with Crippen molar-refractivity contribution in [3.8, 4) is 0 Å². The number of alkyl halides is 5. The van der Waals surface area contributed by atoms with Crippen molar-refractivity contribution in [2.45, 2.75) is 49.4 Å². The number of carbonyl (C=O) groups excluding carboxylic acids is 1. The number of pyridine rings is 1. The Bertz CT molecular complexity index is 1070. The van der Waals surface area contributed by atoms with E-state index in [1.807, 2.05) is 5.32 Å². The fraction of sp³-hybridized carbons (Fsp3) is 0.400. The Kier molecular flexibility index (Phi) is 6.64. The minimum absolute atomic E-state index is 0.489. The topological polar surface area (TPSA) is 62.2 Å². The van der Waals surface area contributed by atoms with Gasteiger partial charge in [-0.1, -0.05) is 17.7 Å². The second kappa shape index (κ2) is 8.71. The van der Waals surface area contributed by atoms with Crippen LogP contribution in [0.5, 0.6) is 0 Å². The van der Waals surface area contributed by atoms with Crippen molar-refractivity contribution in [1.82, 2.24) is 10.3 Å². The van der Waals surface area contributed by atoms with Crippen LogP contribution in [0.1, 0.15) is 53.3 Å². The summed E-state index contributed by atoms with van der Waals surface area (Å²) in [5.41, 5.74) is -5.42. The monoisotopic (exact) mass is 502 g/mol. The molecule has 1 amide bonds. The Morgan fingerprint density at radius 2 is 1.67 bits per heavy atom. The Balaban J connectivity index is 2.05. The molecule has 13 heteroatoms. The lowest BCUT2D eigenvalue weighted by Crippen LogP contribution is -2.50. The first kappa shape index (κ1) is 25.2. The molecule has 0 spiro atoms. The van der Waals surface area contributed by atoms with E-state index < -0.39 is 94.6 Å². The molecule has 1 heterocycles. The molecule has 1 aromatic carbocycles. The van der Waals surface area contributed by atoms with Crippen molar-refractivity contribution in [3.05, 3.63) is 63.7 Å². The van der Waals surface area contributed by atoms with Crippen LogP contribution < -0.4 is 5.32 Å². The molecule has 1 aromatic heterocycles. The van der Waals surface area contributed by atoms with Crippen LogP contribution in [0.3, 0.4) is 0 Å². The molecule has 1 aliphatic rings. The van der Waals surface area contributed by atoms with Crippen molar-refractivity contribution in [3.63, 3.8) is 0 Å². The van der Waals surface area contributed by atoms with Crippen LogP contribution in [0, 0.1) is 17.5 Å². The van der Waals surface area contributed by atoms with E-state index in [0.29, 0.717) is 24.4 Å². The van der Waals surface area contributed by atoms with Crippen LogP contribution in [0.2, 0.25) is 5.02 Å². The molecule has 2 aromatic rings. The van der Waals surface area contributed by atoms with Gasteiger partial charge in [-0.15, -0.1) is 0 Å². The Hall–Kier alpha value is -2.47. The predicted octanol–water partition coefficient (Wildman–Crippen LogP) is 5.58. The number of hydrogen-bond donors (Lipinski definition) is 2. The highest BCUT2D eigenvalue weighted by molar-refractivity contribution is 6.34. The summed E-state index contributed by atoms with van der Waals surface area (Å²) >= 11 is 5.66. The first-order valence-electron chi connectivity index (χ1n) is 9.42. The summed E-state index contributed by atoms with van der Waals surface area (Å²) < 4.78 is 108. The van der Waals surface area contributed by atoms with E-state index in [1.165, 1.54) is 0 Å². The molecule has 1 fully saturated rings. The summed E-state index contributed by atoms with van der Waals surface area (Å²) in [4.78, 5) is 16.2. The van der Waals surface area contributed by atoms with E-state index in [4.69, 9.17) is 11.6 Å². The predicted molar refractivity (Wildman–Crippen MR) is 99.1 cm³/mol. The summed E-state index contributed by atoms with van der Waals surface area (Å²) in [6.07, 6.45) is -7.44. The summed E-state index contributed by atoms with van der Waals surface area (Å²) in [5.74, 6) is -9.95. The molecule has 0 radical (unpaired) electrons. The lowest BCUT2D eigenvalue weighted by atomic mass is 9.75. The third-order valence-corrected chi connectivity index (χ3v) is 5.83. The number of carbonyl (C=O) groups is 1. The summed E-state index contributed by atoms with van der Waals surface area (Å²) in [6.45, 7) is 0. The van der Waals surface area contributed by atoms with Crippen LogP contribution in [0.25, 0.3) is 0 Å². The number of aliphatic hydroxyl groups is 1. The van der Waals surface area contributed by atoms with Gasteiger partial charge in [-0.25, -0.2) is 26.9 Å². The van der Waals surface area contributed by atoms with Crippen molar-refractivity contribution in [2.75, 3.05) is 0 Å². The average molecular weight is 503 g/mol. The van der Waals surface area contributed by atoms with Gasteiger partial charge in [-0.3, -0.25) is 4.79 Å². The third-order valence-electron chi connectivity index (χ3n) is 5.45. The Morgan fingerprint density at radius 3 is 2.24 bits per heavy atom. The minimum atomic E-state index is -4.95. The number of halogens is 9. The molecule has 1 unspecified atom stereocenters. The normalized spacial score (nSPS) is 18.6. The molecule has 180 valence electrons. The van der Waals surface area contributed by atoms with E-state index in [0.717, 1.165) is 0 Å². The Morgan fingerprint density at radius 1 is 1.06 bits per heavy atom. The molecular weight excluding hydrogens is 488 g/mol. The van der Waals surface area contributed by atoms with Crippen molar-refractivity contribution >= 4 is 17.5 Å². The van der Waals surface area contributed by atoms with Gasteiger partial charge in [0.25, 0.3) is 5.91 Å². The molecule has 33 heavy (non-hydrogen) atoms. The molecule has 3 rings (SSSR count). The van der Waals surface area contributed by atoms with Crippen LogP contribution in [-0.4, -0.2) is 27.5 Å². The van der Waals surface area contributed by atoms with Crippen molar-refractivity contribution in [1.29, 1.82) is 0 Å². The van der Waals surface area contributed by atoms with Crippen LogP contribution >= 0.6 is 11.6 Å². The van der Waals surface area contributed by atoms with Gasteiger partial charge in [-0.05, 0) is 25.0 Å². The maximum Gasteiger partial charge on any atom is 0.417 e. The van der Waals surface area contributed by atoms with E-state index in [2.05, 4.69) is 4.98 Å². The van der Waals surface area contributed by atoms with Crippen LogP contribution in [0.4, 0.5) is 35.1 Å². The lowest BCUT2D eigenvalue weighted by molar-refractivity contribution is -0.137. The second-order valence-electron chi connectivity index (χ2n) is 7.65. The highest BCUT2D eigenvalue weighted by Gasteiger charge is 2.49. The summed E-state index contributed by atoms with van der Waals surface area (Å²) in [5, 5.41) is 11.9. The SMILES string of the molecule is O=C(NC(c1ccc(F)c(F)c1F)C1(O)CCC(F)(F)CC1)c1nccc(C(F)(F)F)c1Cl. The average Bonchev–Trinajstić information content (AvgIpc) is 2.72. The molecule has 4 nitrogen and oxygen atoms in total. The largest absolute Gasteiger partial charge is 0.417 e. The summed E-state index contributed by atoms with van der Waals surface area (Å²) in [6, 6.07) is -0.264. The zero-order chi connectivity index (χ0) is 24.8. The molecule has 0 saturated heterocycles. The van der Waals surface area contributed by atoms with Gasteiger partial charge in [0, 0.05) is 24.6 Å². The fourth-order valence-electron chi connectivity index (χ4n) is 3.62. The lowest BCUT2D eigenvalue weighted by Gasteiger charge is -2.42. The van der Waals surface area contributed by atoms with Gasteiger partial charge in [0.2, 0.25) is 5.92 Å². The van der Waals surface area contributed by atoms with E-state index in [9.17, 15) is 45.0 Å². The van der Waals surface area contributed by atoms with E-state index in [-0.39, 0.29) is 0 Å². The number of nitrogens with zero attached hydrogens (tertiary/aromatic N) is 1.